The van der Waals surface area contributed by atoms with Gasteiger partial charge >= 0.3 is 12.1 Å². The van der Waals surface area contributed by atoms with Crippen molar-refractivity contribution < 1.29 is 27.5 Å². The van der Waals surface area contributed by atoms with Crippen LogP contribution >= 0.6 is 11.6 Å². The van der Waals surface area contributed by atoms with E-state index in [-0.39, 0.29) is 0 Å². The molecule has 0 heterocycles. The highest BCUT2D eigenvalue weighted by Gasteiger charge is 2.37. The second-order valence-electron chi connectivity index (χ2n) is 2.61. The van der Waals surface area contributed by atoms with Gasteiger partial charge in [-0.3, -0.25) is 0 Å². The summed E-state index contributed by atoms with van der Waals surface area (Å²) in [6.45, 7) is 0. The molecular weight excluding hydrogens is 240 g/mol. The molecule has 0 aromatic heterocycles. The molecular formula is C8H3ClF4O2. The molecule has 0 spiro atoms. The predicted molar refractivity (Wildman–Crippen MR) is 43.4 cm³/mol. The zero-order valence-corrected chi connectivity index (χ0v) is 7.66. The first-order valence-corrected chi connectivity index (χ1v) is 3.91. The van der Waals surface area contributed by atoms with Crippen LogP contribution in [0.5, 0.6) is 0 Å². The summed E-state index contributed by atoms with van der Waals surface area (Å²) >= 11 is 5.20. The molecule has 1 aromatic carbocycles. The first-order valence-electron chi connectivity index (χ1n) is 3.53. The van der Waals surface area contributed by atoms with Crippen LogP contribution in [-0.2, 0) is 6.18 Å². The van der Waals surface area contributed by atoms with Crippen molar-refractivity contribution in [2.24, 2.45) is 0 Å². The highest BCUT2D eigenvalue weighted by molar-refractivity contribution is 6.30. The highest BCUT2D eigenvalue weighted by atomic mass is 35.5. The van der Waals surface area contributed by atoms with E-state index in [4.69, 9.17) is 16.7 Å². The number of halogens is 5. The Morgan fingerprint density at radius 1 is 1.33 bits per heavy atom. The smallest absolute Gasteiger partial charge is 0.417 e. The van der Waals surface area contributed by atoms with Gasteiger partial charge in [-0.25, -0.2) is 9.18 Å². The maximum Gasteiger partial charge on any atom is 0.417 e. The Balaban J connectivity index is 3.54. The molecule has 0 aliphatic heterocycles. The average Bonchev–Trinajstić information content (AvgIpc) is 1.99. The number of aromatic carboxylic acids is 1. The van der Waals surface area contributed by atoms with E-state index in [0.29, 0.717) is 12.1 Å². The minimum Gasteiger partial charge on any atom is -0.478 e. The van der Waals surface area contributed by atoms with Gasteiger partial charge in [0, 0.05) is 5.02 Å². The molecule has 7 heteroatoms. The number of rotatable bonds is 1. The Bertz CT molecular complexity index is 414. The lowest BCUT2D eigenvalue weighted by Crippen LogP contribution is -2.14. The fourth-order valence-corrected chi connectivity index (χ4v) is 1.22. The summed E-state index contributed by atoms with van der Waals surface area (Å²) in [5, 5.41) is 7.91. The van der Waals surface area contributed by atoms with Gasteiger partial charge in [-0.15, -0.1) is 0 Å². The number of carbonyl (C=O) groups is 1. The third-order valence-corrected chi connectivity index (χ3v) is 1.79. The van der Waals surface area contributed by atoms with Crippen LogP contribution in [-0.4, -0.2) is 11.1 Å². The highest BCUT2D eigenvalue weighted by Crippen LogP contribution is 2.35. The summed E-state index contributed by atoms with van der Waals surface area (Å²) in [4.78, 5) is 10.4. The molecule has 2 nitrogen and oxygen atoms in total. The molecule has 1 N–H and O–H groups in total. The van der Waals surface area contributed by atoms with Crippen molar-refractivity contribution >= 4 is 17.6 Å². The number of carboxylic acids is 1. The largest absolute Gasteiger partial charge is 0.478 e. The van der Waals surface area contributed by atoms with Gasteiger partial charge in [0.15, 0.2) is 0 Å². The molecule has 0 radical (unpaired) electrons. The fourth-order valence-electron chi connectivity index (χ4n) is 1.01. The van der Waals surface area contributed by atoms with E-state index in [1.165, 1.54) is 0 Å². The van der Waals surface area contributed by atoms with Crippen LogP contribution in [0.3, 0.4) is 0 Å². The van der Waals surface area contributed by atoms with E-state index < -0.39 is 34.1 Å². The second kappa shape index (κ2) is 3.69. The second-order valence-corrected chi connectivity index (χ2v) is 3.05. The number of alkyl halides is 3. The maximum atomic E-state index is 12.9. The van der Waals surface area contributed by atoms with Crippen molar-refractivity contribution in [3.63, 3.8) is 0 Å². The number of benzene rings is 1. The van der Waals surface area contributed by atoms with Crippen LogP contribution in [0.25, 0.3) is 0 Å². The van der Waals surface area contributed by atoms with Crippen LogP contribution in [0.2, 0.25) is 5.02 Å². The standard InChI is InChI=1S/C8H3ClF4O2/c9-3-1-4(8(11,12)13)6(7(14)15)5(10)2-3/h1-2H,(H,14,15). The first-order chi connectivity index (χ1) is 6.73. The van der Waals surface area contributed by atoms with Crippen LogP contribution in [0.1, 0.15) is 15.9 Å². The Hall–Kier alpha value is -1.30. The predicted octanol–water partition coefficient (Wildman–Crippen LogP) is 3.20. The van der Waals surface area contributed by atoms with Crippen molar-refractivity contribution in [1.29, 1.82) is 0 Å². The lowest BCUT2D eigenvalue weighted by Gasteiger charge is -2.11. The number of hydrogen-bond donors (Lipinski definition) is 1. The monoisotopic (exact) mass is 242 g/mol. The summed E-state index contributed by atoms with van der Waals surface area (Å²) < 4.78 is 49.8. The molecule has 1 aromatic rings. The molecule has 82 valence electrons. The molecule has 1 rings (SSSR count). The molecule has 0 fully saturated rings. The van der Waals surface area contributed by atoms with Gasteiger partial charge in [-0.1, -0.05) is 11.6 Å². The van der Waals surface area contributed by atoms with Gasteiger partial charge in [0.2, 0.25) is 0 Å². The van der Waals surface area contributed by atoms with E-state index in [0.717, 1.165) is 0 Å². The van der Waals surface area contributed by atoms with Gasteiger partial charge in [0.05, 0.1) is 5.56 Å². The molecule has 0 atom stereocenters. The molecule has 0 bridgehead atoms. The first kappa shape index (κ1) is 11.8. The molecule has 0 aliphatic carbocycles. The van der Waals surface area contributed by atoms with Crippen molar-refractivity contribution in [2.75, 3.05) is 0 Å². The van der Waals surface area contributed by atoms with Gasteiger partial charge in [0.25, 0.3) is 0 Å². The molecule has 0 saturated heterocycles. The van der Waals surface area contributed by atoms with Gasteiger partial charge in [-0.2, -0.15) is 13.2 Å². The Kier molecular flexibility index (Phi) is 2.90. The molecule has 0 saturated carbocycles. The molecule has 15 heavy (non-hydrogen) atoms. The van der Waals surface area contributed by atoms with Crippen molar-refractivity contribution in [3.8, 4) is 0 Å². The van der Waals surface area contributed by atoms with E-state index in [2.05, 4.69) is 0 Å². The lowest BCUT2D eigenvalue weighted by molar-refractivity contribution is -0.138. The summed E-state index contributed by atoms with van der Waals surface area (Å²) in [6, 6.07) is 0.883. The minimum atomic E-state index is -4.96. The maximum absolute atomic E-state index is 12.9. The zero-order valence-electron chi connectivity index (χ0n) is 6.90. The van der Waals surface area contributed by atoms with Crippen LogP contribution in [0.4, 0.5) is 17.6 Å². The van der Waals surface area contributed by atoms with Crippen LogP contribution in [0, 0.1) is 5.82 Å². The number of hydrogen-bond acceptors (Lipinski definition) is 1. The summed E-state index contributed by atoms with van der Waals surface area (Å²) in [5.41, 5.74) is -3.02. The van der Waals surface area contributed by atoms with E-state index in [1.54, 1.807) is 0 Å². The van der Waals surface area contributed by atoms with E-state index >= 15 is 0 Å². The fraction of sp³-hybridized carbons (Fsp3) is 0.125. The topological polar surface area (TPSA) is 37.3 Å². The SMILES string of the molecule is O=C(O)c1c(F)cc(Cl)cc1C(F)(F)F. The van der Waals surface area contributed by atoms with E-state index in [9.17, 15) is 22.4 Å². The summed E-state index contributed by atoms with van der Waals surface area (Å²) in [7, 11) is 0. The number of carboxylic acid groups (broad SMARTS) is 1. The molecule has 0 aliphatic rings. The van der Waals surface area contributed by atoms with Crippen LogP contribution < -0.4 is 0 Å². The van der Waals surface area contributed by atoms with Gasteiger partial charge in [-0.05, 0) is 12.1 Å². The Labute approximate surface area is 86.1 Å². The van der Waals surface area contributed by atoms with Crippen molar-refractivity contribution in [1.82, 2.24) is 0 Å². The van der Waals surface area contributed by atoms with Gasteiger partial charge < -0.3 is 5.11 Å². The van der Waals surface area contributed by atoms with Gasteiger partial charge in [0.1, 0.15) is 11.4 Å². The van der Waals surface area contributed by atoms with Crippen LogP contribution in [0.15, 0.2) is 12.1 Å². The zero-order chi connectivity index (χ0) is 11.8. The Morgan fingerprint density at radius 3 is 2.27 bits per heavy atom. The normalized spacial score (nSPS) is 11.5. The Morgan fingerprint density at radius 2 is 1.87 bits per heavy atom. The molecule has 0 unspecified atom stereocenters. The molecule has 0 amide bonds. The average molecular weight is 243 g/mol. The third kappa shape index (κ3) is 2.38. The lowest BCUT2D eigenvalue weighted by atomic mass is 10.1. The van der Waals surface area contributed by atoms with E-state index in [1.807, 2.05) is 0 Å². The van der Waals surface area contributed by atoms with Crippen molar-refractivity contribution in [3.05, 3.63) is 34.1 Å². The quantitative estimate of drug-likeness (QED) is 0.768. The summed E-state index contributed by atoms with van der Waals surface area (Å²) in [5.74, 6) is -3.50. The summed E-state index contributed by atoms with van der Waals surface area (Å²) in [6.07, 6.45) is -4.96. The third-order valence-electron chi connectivity index (χ3n) is 1.57. The minimum absolute atomic E-state index is 0.369. The van der Waals surface area contributed by atoms with Crippen molar-refractivity contribution in [2.45, 2.75) is 6.18 Å².